The fraction of sp³-hybridized carbons (Fsp3) is 0.778. The maximum Gasteiger partial charge on any atom is 0.240 e. The van der Waals surface area contributed by atoms with Crippen molar-refractivity contribution >= 4 is 11.8 Å². The van der Waals surface area contributed by atoms with Crippen LogP contribution in [-0.2, 0) is 9.59 Å². The van der Waals surface area contributed by atoms with Crippen LogP contribution in [0.3, 0.4) is 0 Å². The Hall–Kier alpha value is -0.900. The van der Waals surface area contributed by atoms with Crippen LogP contribution in [0.5, 0.6) is 0 Å². The highest BCUT2D eigenvalue weighted by Gasteiger charge is 2.22. The fourth-order valence-electron chi connectivity index (χ4n) is 1.40. The Morgan fingerprint density at radius 2 is 1.92 bits per heavy atom. The second-order valence-electron chi connectivity index (χ2n) is 3.65. The quantitative estimate of drug-likeness (QED) is 0.628. The SMILES string of the molecule is CCC(C)CN1CC(=O)NC(=O)C1. The molecule has 1 heterocycles. The maximum absolute atomic E-state index is 11.0. The topological polar surface area (TPSA) is 49.4 Å². The van der Waals surface area contributed by atoms with E-state index in [4.69, 9.17) is 0 Å². The first-order chi connectivity index (χ1) is 6.11. The largest absolute Gasteiger partial charge is 0.294 e. The van der Waals surface area contributed by atoms with Crippen molar-refractivity contribution in [2.45, 2.75) is 20.3 Å². The molecule has 0 aromatic carbocycles. The summed E-state index contributed by atoms with van der Waals surface area (Å²) in [6.45, 7) is 5.77. The van der Waals surface area contributed by atoms with Gasteiger partial charge in [0.2, 0.25) is 11.8 Å². The van der Waals surface area contributed by atoms with Gasteiger partial charge in [0.05, 0.1) is 13.1 Å². The van der Waals surface area contributed by atoms with Crippen LogP contribution in [0.15, 0.2) is 0 Å². The summed E-state index contributed by atoms with van der Waals surface area (Å²) >= 11 is 0. The molecule has 0 saturated carbocycles. The van der Waals surface area contributed by atoms with Crippen molar-refractivity contribution in [3.63, 3.8) is 0 Å². The molecule has 0 aromatic rings. The Bertz CT molecular complexity index is 200. The van der Waals surface area contributed by atoms with E-state index in [9.17, 15) is 9.59 Å². The third-order valence-electron chi connectivity index (χ3n) is 2.28. The molecule has 13 heavy (non-hydrogen) atoms. The highest BCUT2D eigenvalue weighted by Crippen LogP contribution is 2.05. The van der Waals surface area contributed by atoms with Crippen molar-refractivity contribution in [2.75, 3.05) is 19.6 Å². The lowest BCUT2D eigenvalue weighted by Gasteiger charge is -2.27. The first kappa shape index (κ1) is 10.2. The number of amides is 2. The molecule has 0 bridgehead atoms. The van der Waals surface area contributed by atoms with Gasteiger partial charge in [0.1, 0.15) is 0 Å². The molecule has 4 heteroatoms. The van der Waals surface area contributed by atoms with Crippen LogP contribution >= 0.6 is 0 Å². The Balaban J connectivity index is 2.41. The first-order valence-electron chi connectivity index (χ1n) is 4.66. The Morgan fingerprint density at radius 1 is 1.38 bits per heavy atom. The summed E-state index contributed by atoms with van der Waals surface area (Å²) in [5, 5.41) is 2.28. The van der Waals surface area contributed by atoms with Gasteiger partial charge in [0, 0.05) is 6.54 Å². The number of hydrogen-bond acceptors (Lipinski definition) is 3. The summed E-state index contributed by atoms with van der Waals surface area (Å²) < 4.78 is 0. The molecule has 1 N–H and O–H groups in total. The number of carbonyl (C=O) groups excluding carboxylic acids is 2. The molecule has 1 aliphatic rings. The minimum atomic E-state index is -0.181. The first-order valence-corrected chi connectivity index (χ1v) is 4.66. The van der Waals surface area contributed by atoms with Crippen molar-refractivity contribution < 1.29 is 9.59 Å². The van der Waals surface area contributed by atoms with E-state index < -0.39 is 0 Å². The molecular weight excluding hydrogens is 168 g/mol. The van der Waals surface area contributed by atoms with Crippen molar-refractivity contribution in [1.29, 1.82) is 0 Å². The highest BCUT2D eigenvalue weighted by atomic mass is 16.2. The van der Waals surface area contributed by atoms with Crippen LogP contribution in [0.25, 0.3) is 0 Å². The minimum Gasteiger partial charge on any atom is -0.294 e. The van der Waals surface area contributed by atoms with Gasteiger partial charge in [-0.15, -0.1) is 0 Å². The Kier molecular flexibility index (Phi) is 3.42. The van der Waals surface area contributed by atoms with Gasteiger partial charge in [-0.2, -0.15) is 0 Å². The average Bonchev–Trinajstić information content (AvgIpc) is 2.02. The number of nitrogens with one attached hydrogen (secondary N) is 1. The summed E-state index contributed by atoms with van der Waals surface area (Å²) in [4.78, 5) is 23.9. The van der Waals surface area contributed by atoms with Crippen LogP contribution in [0.1, 0.15) is 20.3 Å². The normalized spacial score (nSPS) is 21.4. The summed E-state index contributed by atoms with van der Waals surface area (Å²) in [5.74, 6) is 0.179. The van der Waals surface area contributed by atoms with E-state index in [2.05, 4.69) is 19.2 Å². The third-order valence-corrected chi connectivity index (χ3v) is 2.28. The summed E-state index contributed by atoms with van der Waals surface area (Å²) in [7, 11) is 0. The molecule has 1 atom stereocenters. The fourth-order valence-corrected chi connectivity index (χ4v) is 1.40. The van der Waals surface area contributed by atoms with Gasteiger partial charge >= 0.3 is 0 Å². The molecule has 74 valence electrons. The molecular formula is C9H16N2O2. The lowest BCUT2D eigenvalue weighted by molar-refractivity contribution is -0.136. The molecule has 1 rings (SSSR count). The molecule has 1 saturated heterocycles. The van der Waals surface area contributed by atoms with Crippen molar-refractivity contribution in [2.24, 2.45) is 5.92 Å². The van der Waals surface area contributed by atoms with Crippen molar-refractivity contribution in [3.8, 4) is 0 Å². The summed E-state index contributed by atoms with van der Waals surface area (Å²) in [6, 6.07) is 0. The van der Waals surface area contributed by atoms with Crippen LogP contribution in [0, 0.1) is 5.92 Å². The summed E-state index contributed by atoms with van der Waals surface area (Å²) in [6.07, 6.45) is 1.08. The molecule has 0 aromatic heterocycles. The highest BCUT2D eigenvalue weighted by molar-refractivity contribution is 5.99. The van der Waals surface area contributed by atoms with Crippen LogP contribution in [-0.4, -0.2) is 36.3 Å². The standard InChI is InChI=1S/C9H16N2O2/c1-3-7(2)4-11-5-8(12)10-9(13)6-11/h7H,3-6H2,1-2H3,(H,10,12,13). The monoisotopic (exact) mass is 184 g/mol. The molecule has 1 unspecified atom stereocenters. The molecule has 1 aliphatic heterocycles. The second-order valence-corrected chi connectivity index (χ2v) is 3.65. The van der Waals surface area contributed by atoms with E-state index in [1.807, 2.05) is 4.90 Å². The van der Waals surface area contributed by atoms with Crippen LogP contribution < -0.4 is 5.32 Å². The maximum atomic E-state index is 11.0. The van der Waals surface area contributed by atoms with E-state index in [0.717, 1.165) is 13.0 Å². The molecule has 2 amide bonds. The van der Waals surface area contributed by atoms with E-state index in [0.29, 0.717) is 19.0 Å². The van der Waals surface area contributed by atoms with E-state index in [1.165, 1.54) is 0 Å². The van der Waals surface area contributed by atoms with Crippen molar-refractivity contribution in [1.82, 2.24) is 10.2 Å². The zero-order valence-electron chi connectivity index (χ0n) is 8.17. The second kappa shape index (κ2) is 4.37. The zero-order valence-corrected chi connectivity index (χ0v) is 8.17. The molecule has 0 aliphatic carbocycles. The zero-order chi connectivity index (χ0) is 9.84. The molecule has 0 radical (unpaired) electrons. The van der Waals surface area contributed by atoms with Gasteiger partial charge in [-0.25, -0.2) is 0 Å². The van der Waals surface area contributed by atoms with Gasteiger partial charge in [0.25, 0.3) is 0 Å². The Labute approximate surface area is 78.3 Å². The third kappa shape index (κ3) is 3.14. The number of imide groups is 1. The van der Waals surface area contributed by atoms with Crippen LogP contribution in [0.2, 0.25) is 0 Å². The van der Waals surface area contributed by atoms with Gasteiger partial charge < -0.3 is 0 Å². The van der Waals surface area contributed by atoms with E-state index >= 15 is 0 Å². The number of hydrogen-bond donors (Lipinski definition) is 1. The average molecular weight is 184 g/mol. The number of rotatable bonds is 3. The number of nitrogens with zero attached hydrogens (tertiary/aromatic N) is 1. The molecule has 4 nitrogen and oxygen atoms in total. The summed E-state index contributed by atoms with van der Waals surface area (Å²) in [5.41, 5.74) is 0. The predicted octanol–water partition coefficient (Wildman–Crippen LogP) is -0.00910. The van der Waals surface area contributed by atoms with Crippen LogP contribution in [0.4, 0.5) is 0 Å². The number of piperazine rings is 1. The smallest absolute Gasteiger partial charge is 0.240 e. The van der Waals surface area contributed by atoms with Gasteiger partial charge in [-0.3, -0.25) is 19.8 Å². The predicted molar refractivity (Wildman–Crippen MR) is 49.0 cm³/mol. The number of carbonyl (C=O) groups is 2. The lowest BCUT2D eigenvalue weighted by atomic mass is 10.1. The van der Waals surface area contributed by atoms with E-state index in [-0.39, 0.29) is 11.8 Å². The molecule has 1 fully saturated rings. The van der Waals surface area contributed by atoms with Gasteiger partial charge in [0.15, 0.2) is 0 Å². The molecule has 0 spiro atoms. The minimum absolute atomic E-state index is 0.181. The van der Waals surface area contributed by atoms with Gasteiger partial charge in [-0.05, 0) is 5.92 Å². The Morgan fingerprint density at radius 3 is 2.38 bits per heavy atom. The lowest BCUT2D eigenvalue weighted by Crippen LogP contribution is -2.52. The van der Waals surface area contributed by atoms with Crippen molar-refractivity contribution in [3.05, 3.63) is 0 Å². The van der Waals surface area contributed by atoms with E-state index in [1.54, 1.807) is 0 Å². The van der Waals surface area contributed by atoms with Gasteiger partial charge in [-0.1, -0.05) is 20.3 Å².